The summed E-state index contributed by atoms with van der Waals surface area (Å²) in [5.74, 6) is 2.51. The lowest BCUT2D eigenvalue weighted by Crippen LogP contribution is -2.42. The number of carbonyl (C=O) groups is 1. The number of benzene rings is 1. The predicted octanol–water partition coefficient (Wildman–Crippen LogP) is 2.85. The lowest BCUT2D eigenvalue weighted by atomic mass is 10.0. The third-order valence-electron chi connectivity index (χ3n) is 3.46. The molecule has 1 aromatic rings. The summed E-state index contributed by atoms with van der Waals surface area (Å²) in [6.07, 6.45) is 0. The number of hydrogen-bond donors (Lipinski definition) is 1. The number of thioether (sulfide) groups is 1. The molecular weight excluding hydrogens is 292 g/mol. The second kappa shape index (κ2) is 7.91. The normalized spacial score (nSPS) is 17.9. The van der Waals surface area contributed by atoms with Crippen molar-refractivity contribution >= 4 is 30.1 Å². The van der Waals surface area contributed by atoms with Crippen LogP contribution in [0.25, 0.3) is 0 Å². The first-order chi connectivity index (χ1) is 9.08. The molecule has 3 nitrogen and oxygen atoms in total. The van der Waals surface area contributed by atoms with E-state index >= 15 is 0 Å². The van der Waals surface area contributed by atoms with Gasteiger partial charge in [0.15, 0.2) is 0 Å². The average Bonchev–Trinajstić information content (AvgIpc) is 2.92. The maximum atomic E-state index is 12.2. The fraction of sp³-hybridized carbons (Fsp3) is 0.533. The minimum atomic E-state index is -0.00932. The molecular formula is C15H23ClN2OS. The van der Waals surface area contributed by atoms with Crippen LogP contribution in [-0.2, 0) is 11.3 Å². The molecule has 5 heteroatoms. The van der Waals surface area contributed by atoms with Crippen molar-refractivity contribution in [2.24, 2.45) is 0 Å². The van der Waals surface area contributed by atoms with Gasteiger partial charge in [-0.25, -0.2) is 0 Å². The van der Waals surface area contributed by atoms with Crippen LogP contribution in [0.1, 0.15) is 30.9 Å². The molecule has 1 amide bonds. The summed E-state index contributed by atoms with van der Waals surface area (Å²) >= 11 is 1.78. The molecule has 0 bridgehead atoms. The summed E-state index contributed by atoms with van der Waals surface area (Å²) in [5, 5.41) is 3.22. The summed E-state index contributed by atoms with van der Waals surface area (Å²) < 4.78 is 0. The molecule has 112 valence electrons. The second-order valence-electron chi connectivity index (χ2n) is 5.36. The molecule has 0 aliphatic carbocycles. The number of nitrogens with zero attached hydrogens (tertiary/aromatic N) is 1. The molecule has 2 rings (SSSR count). The van der Waals surface area contributed by atoms with Crippen LogP contribution in [0.4, 0.5) is 0 Å². The van der Waals surface area contributed by atoms with Crippen molar-refractivity contribution in [2.45, 2.75) is 32.4 Å². The number of rotatable bonds is 4. The molecule has 1 aromatic carbocycles. The number of halogens is 1. The first kappa shape index (κ1) is 17.3. The smallest absolute Gasteiger partial charge is 0.240 e. The predicted molar refractivity (Wildman–Crippen MR) is 88.5 cm³/mol. The fourth-order valence-corrected chi connectivity index (χ4v) is 3.11. The molecule has 0 aromatic heterocycles. The Hall–Kier alpha value is -0.710. The molecule has 1 unspecified atom stereocenters. The summed E-state index contributed by atoms with van der Waals surface area (Å²) in [7, 11) is 1.88. The molecule has 1 fully saturated rings. The minimum absolute atomic E-state index is 0. The number of nitrogens with one attached hydrogen (secondary N) is 1. The largest absolute Gasteiger partial charge is 0.340 e. The number of carbonyl (C=O) groups excluding carboxylic acids is 1. The highest BCUT2D eigenvalue weighted by atomic mass is 35.5. The number of amides is 1. The Morgan fingerprint density at radius 1 is 1.40 bits per heavy atom. The van der Waals surface area contributed by atoms with E-state index in [-0.39, 0.29) is 24.4 Å². The van der Waals surface area contributed by atoms with Crippen molar-refractivity contribution in [1.29, 1.82) is 0 Å². The minimum Gasteiger partial charge on any atom is -0.340 e. The van der Waals surface area contributed by atoms with Gasteiger partial charge in [0, 0.05) is 25.2 Å². The first-order valence-corrected chi connectivity index (χ1v) is 7.88. The number of likely N-dealkylation sites (N-methyl/N-ethyl adjacent to an activating group) is 1. The third kappa shape index (κ3) is 4.40. The standard InChI is InChI=1S/C15H22N2OS.ClH/c1-11(2)13-6-4-12(5-7-13)8-17(3)15(18)14-9-19-10-16-14;/h4-7,11,14,16H,8-10H2,1-3H3;1H. The van der Waals surface area contributed by atoms with Gasteiger partial charge in [-0.2, -0.15) is 0 Å². The molecule has 1 heterocycles. The van der Waals surface area contributed by atoms with Crippen LogP contribution in [0.3, 0.4) is 0 Å². The molecule has 1 aliphatic heterocycles. The van der Waals surface area contributed by atoms with Gasteiger partial charge >= 0.3 is 0 Å². The van der Waals surface area contributed by atoms with E-state index in [0.717, 1.165) is 11.6 Å². The SMILES string of the molecule is CC(C)c1ccc(CN(C)C(=O)C2CSCN2)cc1.Cl. The van der Waals surface area contributed by atoms with Crippen LogP contribution in [0.2, 0.25) is 0 Å². The molecule has 0 radical (unpaired) electrons. The van der Waals surface area contributed by atoms with Crippen LogP contribution >= 0.6 is 24.2 Å². The highest BCUT2D eigenvalue weighted by molar-refractivity contribution is 7.99. The average molecular weight is 315 g/mol. The Labute approximate surface area is 131 Å². The van der Waals surface area contributed by atoms with Gasteiger partial charge in [0.05, 0.1) is 6.04 Å². The summed E-state index contributed by atoms with van der Waals surface area (Å²) in [4.78, 5) is 14.0. The molecule has 1 atom stereocenters. The summed E-state index contributed by atoms with van der Waals surface area (Å²) in [5.41, 5.74) is 2.53. The van der Waals surface area contributed by atoms with Crippen molar-refractivity contribution in [1.82, 2.24) is 10.2 Å². The Morgan fingerprint density at radius 2 is 2.05 bits per heavy atom. The van der Waals surface area contributed by atoms with Gasteiger partial charge in [0.2, 0.25) is 5.91 Å². The van der Waals surface area contributed by atoms with E-state index in [2.05, 4.69) is 43.4 Å². The van der Waals surface area contributed by atoms with E-state index in [1.807, 2.05) is 11.9 Å². The van der Waals surface area contributed by atoms with Gasteiger partial charge in [-0.3, -0.25) is 10.1 Å². The molecule has 1 saturated heterocycles. The van der Waals surface area contributed by atoms with E-state index in [0.29, 0.717) is 12.5 Å². The topological polar surface area (TPSA) is 32.3 Å². The Kier molecular flexibility index (Phi) is 6.86. The highest BCUT2D eigenvalue weighted by Gasteiger charge is 2.25. The zero-order valence-corrected chi connectivity index (χ0v) is 13.9. The quantitative estimate of drug-likeness (QED) is 0.927. The molecule has 1 aliphatic rings. The maximum Gasteiger partial charge on any atom is 0.240 e. The van der Waals surface area contributed by atoms with Crippen molar-refractivity contribution in [2.75, 3.05) is 18.7 Å². The number of hydrogen-bond acceptors (Lipinski definition) is 3. The van der Waals surface area contributed by atoms with E-state index in [1.165, 1.54) is 11.1 Å². The van der Waals surface area contributed by atoms with Crippen molar-refractivity contribution in [3.8, 4) is 0 Å². The van der Waals surface area contributed by atoms with Crippen LogP contribution < -0.4 is 5.32 Å². The van der Waals surface area contributed by atoms with Crippen molar-refractivity contribution in [3.63, 3.8) is 0 Å². The lowest BCUT2D eigenvalue weighted by Gasteiger charge is -2.21. The monoisotopic (exact) mass is 314 g/mol. The zero-order chi connectivity index (χ0) is 13.8. The fourth-order valence-electron chi connectivity index (χ4n) is 2.18. The van der Waals surface area contributed by atoms with Crippen LogP contribution in [0.15, 0.2) is 24.3 Å². The van der Waals surface area contributed by atoms with Gasteiger partial charge < -0.3 is 4.90 Å². The van der Waals surface area contributed by atoms with Gasteiger partial charge in [0.1, 0.15) is 0 Å². The molecule has 1 N–H and O–H groups in total. The lowest BCUT2D eigenvalue weighted by molar-refractivity contribution is -0.131. The van der Waals surface area contributed by atoms with Gasteiger partial charge in [-0.15, -0.1) is 24.2 Å². The first-order valence-electron chi connectivity index (χ1n) is 6.73. The highest BCUT2D eigenvalue weighted by Crippen LogP contribution is 2.16. The molecule has 20 heavy (non-hydrogen) atoms. The maximum absolute atomic E-state index is 12.2. The van der Waals surface area contributed by atoms with Crippen LogP contribution in [-0.4, -0.2) is 35.5 Å². The van der Waals surface area contributed by atoms with E-state index in [9.17, 15) is 4.79 Å². The van der Waals surface area contributed by atoms with E-state index in [4.69, 9.17) is 0 Å². The third-order valence-corrected chi connectivity index (χ3v) is 4.40. The van der Waals surface area contributed by atoms with Crippen molar-refractivity contribution in [3.05, 3.63) is 35.4 Å². The van der Waals surface area contributed by atoms with E-state index in [1.54, 1.807) is 11.8 Å². The molecule has 0 saturated carbocycles. The Balaban J connectivity index is 0.00000200. The molecule has 0 spiro atoms. The van der Waals surface area contributed by atoms with Crippen LogP contribution in [0.5, 0.6) is 0 Å². The van der Waals surface area contributed by atoms with Crippen LogP contribution in [0, 0.1) is 0 Å². The van der Waals surface area contributed by atoms with Gasteiger partial charge in [-0.1, -0.05) is 38.1 Å². The Bertz CT molecular complexity index is 430. The Morgan fingerprint density at radius 3 is 2.55 bits per heavy atom. The van der Waals surface area contributed by atoms with Crippen molar-refractivity contribution < 1.29 is 4.79 Å². The zero-order valence-electron chi connectivity index (χ0n) is 12.3. The second-order valence-corrected chi connectivity index (χ2v) is 6.39. The summed E-state index contributed by atoms with van der Waals surface area (Å²) in [6, 6.07) is 8.54. The van der Waals surface area contributed by atoms with Gasteiger partial charge in [-0.05, 0) is 17.0 Å². The summed E-state index contributed by atoms with van der Waals surface area (Å²) in [6.45, 7) is 5.06. The van der Waals surface area contributed by atoms with Gasteiger partial charge in [0.25, 0.3) is 0 Å². The van der Waals surface area contributed by atoms with E-state index < -0.39 is 0 Å².